The molecule has 1 atom stereocenters. The second-order valence-corrected chi connectivity index (χ2v) is 7.50. The number of aryl methyl sites for hydroxylation is 1. The van der Waals surface area contributed by atoms with Crippen LogP contribution in [0.1, 0.15) is 36.2 Å². The third-order valence-electron chi connectivity index (χ3n) is 3.57. The molecule has 1 aromatic carbocycles. The van der Waals surface area contributed by atoms with Gasteiger partial charge in [-0.2, -0.15) is 0 Å². The predicted octanol–water partition coefficient (Wildman–Crippen LogP) is 5.40. The third kappa shape index (κ3) is 3.01. The normalized spacial score (nSPS) is 17.6. The lowest BCUT2D eigenvalue weighted by Gasteiger charge is -2.24. The second-order valence-electron chi connectivity index (χ2n) is 4.98. The lowest BCUT2D eigenvalue weighted by atomic mass is 9.94. The molecular formula is C16H18BrNOS. The van der Waals surface area contributed by atoms with Crippen LogP contribution >= 0.6 is 27.3 Å². The second kappa shape index (κ2) is 6.19. The van der Waals surface area contributed by atoms with Crippen molar-refractivity contribution in [3.63, 3.8) is 0 Å². The van der Waals surface area contributed by atoms with Crippen molar-refractivity contribution in [3.05, 3.63) is 44.6 Å². The van der Waals surface area contributed by atoms with Gasteiger partial charge in [0.1, 0.15) is 5.75 Å². The maximum atomic E-state index is 5.56. The summed E-state index contributed by atoms with van der Waals surface area (Å²) in [5.74, 6) is 0.931. The average molecular weight is 352 g/mol. The number of hydrogen-bond donors (Lipinski definition) is 1. The van der Waals surface area contributed by atoms with Crippen LogP contribution in [0.4, 0.5) is 5.69 Å². The monoisotopic (exact) mass is 351 g/mol. The fourth-order valence-corrected chi connectivity index (χ4v) is 4.53. The smallest absolute Gasteiger partial charge is 0.121 e. The lowest BCUT2D eigenvalue weighted by molar-refractivity contribution is 0.340. The number of ether oxygens (including phenoxy) is 1. The van der Waals surface area contributed by atoms with Crippen LogP contribution in [-0.2, 0) is 6.42 Å². The summed E-state index contributed by atoms with van der Waals surface area (Å²) in [5.41, 5.74) is 2.59. The number of thiophene rings is 1. The SMILES string of the molecule is CCOc1cccc(NC2CCCc3sc(Br)cc32)c1. The van der Waals surface area contributed by atoms with Gasteiger partial charge in [0.25, 0.3) is 0 Å². The molecule has 0 saturated heterocycles. The van der Waals surface area contributed by atoms with Gasteiger partial charge >= 0.3 is 0 Å². The summed E-state index contributed by atoms with van der Waals surface area (Å²) in [6.45, 7) is 2.71. The molecule has 1 unspecified atom stereocenters. The van der Waals surface area contributed by atoms with E-state index in [2.05, 4.69) is 39.4 Å². The summed E-state index contributed by atoms with van der Waals surface area (Å²) in [4.78, 5) is 1.52. The van der Waals surface area contributed by atoms with Gasteiger partial charge < -0.3 is 10.1 Å². The molecule has 2 nitrogen and oxygen atoms in total. The van der Waals surface area contributed by atoms with Gasteiger partial charge in [-0.3, -0.25) is 0 Å². The van der Waals surface area contributed by atoms with Gasteiger partial charge in [-0.25, -0.2) is 0 Å². The van der Waals surface area contributed by atoms with Gasteiger partial charge in [-0.15, -0.1) is 11.3 Å². The number of hydrogen-bond acceptors (Lipinski definition) is 3. The van der Waals surface area contributed by atoms with Gasteiger partial charge in [0.15, 0.2) is 0 Å². The average Bonchev–Trinajstić information content (AvgIpc) is 2.81. The first-order valence-corrected chi connectivity index (χ1v) is 8.64. The van der Waals surface area contributed by atoms with Crippen molar-refractivity contribution >= 4 is 33.0 Å². The van der Waals surface area contributed by atoms with Crippen LogP contribution in [0.2, 0.25) is 0 Å². The van der Waals surface area contributed by atoms with Gasteiger partial charge in [0.2, 0.25) is 0 Å². The molecule has 1 aliphatic carbocycles. The number of anilines is 1. The first kappa shape index (κ1) is 14.0. The Kier molecular flexibility index (Phi) is 4.32. The highest BCUT2D eigenvalue weighted by Gasteiger charge is 2.22. The molecule has 0 spiro atoms. The molecule has 1 N–H and O–H groups in total. The molecule has 1 aliphatic rings. The Balaban J connectivity index is 1.80. The number of benzene rings is 1. The summed E-state index contributed by atoms with van der Waals surface area (Å²) < 4.78 is 6.80. The zero-order valence-corrected chi connectivity index (χ0v) is 13.9. The van der Waals surface area contributed by atoms with E-state index in [1.54, 1.807) is 0 Å². The summed E-state index contributed by atoms with van der Waals surface area (Å²) in [7, 11) is 0. The highest BCUT2D eigenvalue weighted by molar-refractivity contribution is 9.11. The quantitative estimate of drug-likeness (QED) is 0.796. The minimum atomic E-state index is 0.415. The molecule has 20 heavy (non-hydrogen) atoms. The standard InChI is InChI=1S/C16H18BrNOS/c1-2-19-12-6-3-5-11(9-12)18-14-7-4-8-15-13(14)10-16(17)20-15/h3,5-6,9-10,14,18H,2,4,7-8H2,1H3. The van der Waals surface area contributed by atoms with E-state index in [0.717, 1.165) is 11.4 Å². The molecule has 0 bridgehead atoms. The van der Waals surface area contributed by atoms with Crippen LogP contribution in [0.15, 0.2) is 34.1 Å². The minimum absolute atomic E-state index is 0.415. The Bertz CT molecular complexity index is 596. The third-order valence-corrected chi connectivity index (χ3v) is 5.28. The first-order chi connectivity index (χ1) is 9.76. The van der Waals surface area contributed by atoms with Gasteiger partial charge in [0, 0.05) is 16.6 Å². The summed E-state index contributed by atoms with van der Waals surface area (Å²) in [6.07, 6.45) is 3.65. The topological polar surface area (TPSA) is 21.3 Å². The molecule has 3 rings (SSSR count). The minimum Gasteiger partial charge on any atom is -0.494 e. The predicted molar refractivity (Wildman–Crippen MR) is 88.9 cm³/mol. The van der Waals surface area contributed by atoms with E-state index in [4.69, 9.17) is 4.74 Å². The van der Waals surface area contributed by atoms with Crippen LogP contribution in [-0.4, -0.2) is 6.61 Å². The fraction of sp³-hybridized carbons (Fsp3) is 0.375. The zero-order valence-electron chi connectivity index (χ0n) is 11.5. The Morgan fingerprint density at radius 3 is 3.15 bits per heavy atom. The summed E-state index contributed by atoms with van der Waals surface area (Å²) >= 11 is 5.48. The fourth-order valence-electron chi connectivity index (χ4n) is 2.71. The van der Waals surface area contributed by atoms with E-state index in [-0.39, 0.29) is 0 Å². The molecule has 0 amide bonds. The van der Waals surface area contributed by atoms with Gasteiger partial charge in [-0.1, -0.05) is 6.07 Å². The molecule has 1 aromatic heterocycles. The summed E-state index contributed by atoms with van der Waals surface area (Å²) in [6, 6.07) is 10.9. The molecule has 4 heteroatoms. The molecular weight excluding hydrogens is 334 g/mol. The molecule has 0 fully saturated rings. The van der Waals surface area contributed by atoms with E-state index in [1.165, 1.54) is 33.5 Å². The van der Waals surface area contributed by atoms with E-state index in [1.807, 2.05) is 30.4 Å². The van der Waals surface area contributed by atoms with Crippen molar-refractivity contribution in [2.75, 3.05) is 11.9 Å². The number of rotatable bonds is 4. The molecule has 0 radical (unpaired) electrons. The lowest BCUT2D eigenvalue weighted by Crippen LogP contribution is -2.15. The van der Waals surface area contributed by atoms with E-state index in [9.17, 15) is 0 Å². The van der Waals surface area contributed by atoms with Crippen LogP contribution in [0.5, 0.6) is 5.75 Å². The maximum absolute atomic E-state index is 5.56. The van der Waals surface area contributed by atoms with Crippen molar-refractivity contribution in [2.24, 2.45) is 0 Å². The molecule has 2 aromatic rings. The molecule has 106 valence electrons. The highest BCUT2D eigenvalue weighted by Crippen LogP contribution is 2.39. The zero-order chi connectivity index (χ0) is 13.9. The molecule has 1 heterocycles. The van der Waals surface area contributed by atoms with Crippen molar-refractivity contribution in [1.82, 2.24) is 0 Å². The molecule has 0 aliphatic heterocycles. The Hall–Kier alpha value is -1.00. The van der Waals surface area contributed by atoms with Crippen molar-refractivity contribution in [2.45, 2.75) is 32.2 Å². The maximum Gasteiger partial charge on any atom is 0.121 e. The van der Waals surface area contributed by atoms with E-state index in [0.29, 0.717) is 12.6 Å². The number of halogens is 1. The summed E-state index contributed by atoms with van der Waals surface area (Å²) in [5, 5.41) is 3.66. The van der Waals surface area contributed by atoms with Gasteiger partial charge in [0.05, 0.1) is 16.4 Å². The number of fused-ring (bicyclic) bond motifs is 1. The van der Waals surface area contributed by atoms with Crippen molar-refractivity contribution < 1.29 is 4.74 Å². The number of nitrogens with one attached hydrogen (secondary N) is 1. The largest absolute Gasteiger partial charge is 0.494 e. The van der Waals surface area contributed by atoms with Crippen molar-refractivity contribution in [1.29, 1.82) is 0 Å². The van der Waals surface area contributed by atoms with Crippen molar-refractivity contribution in [3.8, 4) is 5.75 Å². The Labute approximate surface area is 132 Å². The Morgan fingerprint density at radius 1 is 1.40 bits per heavy atom. The first-order valence-electron chi connectivity index (χ1n) is 7.04. The highest BCUT2D eigenvalue weighted by atomic mass is 79.9. The van der Waals surface area contributed by atoms with E-state index < -0.39 is 0 Å². The van der Waals surface area contributed by atoms with Crippen LogP contribution < -0.4 is 10.1 Å². The van der Waals surface area contributed by atoms with Crippen LogP contribution in [0.25, 0.3) is 0 Å². The van der Waals surface area contributed by atoms with Crippen LogP contribution in [0, 0.1) is 0 Å². The van der Waals surface area contributed by atoms with E-state index >= 15 is 0 Å². The van der Waals surface area contributed by atoms with Crippen LogP contribution in [0.3, 0.4) is 0 Å². The van der Waals surface area contributed by atoms with Gasteiger partial charge in [-0.05, 0) is 65.9 Å². The Morgan fingerprint density at radius 2 is 2.30 bits per heavy atom. The molecule has 0 saturated carbocycles.